The molecule has 0 saturated carbocycles. The molecule has 0 aliphatic heterocycles. The molecule has 4 nitrogen and oxygen atoms in total. The highest BCUT2D eigenvalue weighted by Gasteiger charge is 2.11. The monoisotopic (exact) mass is 216 g/mol. The lowest BCUT2D eigenvalue weighted by atomic mass is 10.1. The fraction of sp³-hybridized carbons (Fsp3) is 0.333. The Morgan fingerprint density at radius 2 is 2.12 bits per heavy atom. The van der Waals surface area contributed by atoms with Gasteiger partial charge in [0.2, 0.25) is 0 Å². The first-order chi connectivity index (χ1) is 7.74. The van der Waals surface area contributed by atoms with Crippen LogP contribution in [-0.4, -0.2) is 21.3 Å². The Hall–Kier alpha value is -1.68. The van der Waals surface area contributed by atoms with E-state index in [-0.39, 0.29) is 0 Å². The number of nitrogens with zero attached hydrogens (tertiary/aromatic N) is 3. The number of aromatic nitrogens is 3. The molecule has 2 N–H and O–H groups in total. The lowest BCUT2D eigenvalue weighted by Crippen LogP contribution is -2.05. The van der Waals surface area contributed by atoms with Gasteiger partial charge in [-0.15, -0.1) is 0 Å². The van der Waals surface area contributed by atoms with Crippen LogP contribution in [0.15, 0.2) is 24.4 Å². The van der Waals surface area contributed by atoms with Crippen LogP contribution in [0, 0.1) is 13.8 Å². The predicted molar refractivity (Wildman–Crippen MR) is 63.6 cm³/mol. The molecule has 0 spiro atoms. The zero-order valence-electron chi connectivity index (χ0n) is 9.64. The van der Waals surface area contributed by atoms with E-state index in [0.717, 1.165) is 23.6 Å². The Morgan fingerprint density at radius 1 is 1.31 bits per heavy atom. The number of hydrogen-bond donors (Lipinski definition) is 1. The van der Waals surface area contributed by atoms with Crippen LogP contribution in [-0.2, 0) is 6.42 Å². The van der Waals surface area contributed by atoms with Crippen molar-refractivity contribution in [2.24, 2.45) is 5.73 Å². The SMILES string of the molecule is Cc1nn(-c2ccccn2)c(C)c1CCN. The third-order valence-corrected chi connectivity index (χ3v) is 2.70. The lowest BCUT2D eigenvalue weighted by molar-refractivity contribution is 0.804. The molecule has 0 aliphatic rings. The van der Waals surface area contributed by atoms with Crippen molar-refractivity contribution in [3.05, 3.63) is 41.3 Å². The summed E-state index contributed by atoms with van der Waals surface area (Å²) in [5.74, 6) is 0.853. The molecule has 0 fully saturated rings. The second-order valence-corrected chi connectivity index (χ2v) is 3.79. The second-order valence-electron chi connectivity index (χ2n) is 3.79. The zero-order chi connectivity index (χ0) is 11.5. The van der Waals surface area contributed by atoms with Gasteiger partial charge < -0.3 is 5.73 Å². The first kappa shape index (κ1) is 10.8. The van der Waals surface area contributed by atoms with Crippen molar-refractivity contribution in [3.8, 4) is 5.82 Å². The third-order valence-electron chi connectivity index (χ3n) is 2.70. The van der Waals surface area contributed by atoms with Crippen LogP contribution in [0.1, 0.15) is 17.0 Å². The molecule has 0 radical (unpaired) electrons. The molecule has 2 heterocycles. The molecule has 2 aromatic rings. The molecule has 0 aliphatic carbocycles. The molecule has 0 aromatic carbocycles. The van der Waals surface area contributed by atoms with Gasteiger partial charge in [-0.1, -0.05) is 6.07 Å². The minimum absolute atomic E-state index is 0.648. The molecule has 0 unspecified atom stereocenters. The average Bonchev–Trinajstić information content (AvgIpc) is 2.59. The smallest absolute Gasteiger partial charge is 0.153 e. The molecule has 16 heavy (non-hydrogen) atoms. The normalized spacial score (nSPS) is 10.7. The Morgan fingerprint density at radius 3 is 2.75 bits per heavy atom. The molecular formula is C12H16N4. The summed E-state index contributed by atoms with van der Waals surface area (Å²) >= 11 is 0. The second kappa shape index (κ2) is 4.45. The first-order valence-electron chi connectivity index (χ1n) is 5.40. The minimum atomic E-state index is 0.648. The lowest BCUT2D eigenvalue weighted by Gasteiger charge is -2.03. The Bertz CT molecular complexity index is 473. The highest BCUT2D eigenvalue weighted by atomic mass is 15.3. The van der Waals surface area contributed by atoms with E-state index in [1.54, 1.807) is 6.20 Å². The van der Waals surface area contributed by atoms with Gasteiger partial charge in [-0.3, -0.25) is 0 Å². The maximum atomic E-state index is 5.59. The van der Waals surface area contributed by atoms with Crippen molar-refractivity contribution in [1.29, 1.82) is 0 Å². The van der Waals surface area contributed by atoms with Crippen LogP contribution in [0.4, 0.5) is 0 Å². The molecular weight excluding hydrogens is 200 g/mol. The van der Waals surface area contributed by atoms with E-state index in [1.165, 1.54) is 5.56 Å². The van der Waals surface area contributed by atoms with Gasteiger partial charge in [0.25, 0.3) is 0 Å². The molecule has 0 atom stereocenters. The average molecular weight is 216 g/mol. The van der Waals surface area contributed by atoms with Crippen molar-refractivity contribution in [2.45, 2.75) is 20.3 Å². The summed E-state index contributed by atoms with van der Waals surface area (Å²) < 4.78 is 1.88. The van der Waals surface area contributed by atoms with Gasteiger partial charge in [-0.25, -0.2) is 9.67 Å². The van der Waals surface area contributed by atoms with Crippen LogP contribution in [0.5, 0.6) is 0 Å². The van der Waals surface area contributed by atoms with Crippen LogP contribution in [0.2, 0.25) is 0 Å². The van der Waals surface area contributed by atoms with Gasteiger partial charge in [0.1, 0.15) is 0 Å². The first-order valence-corrected chi connectivity index (χ1v) is 5.40. The summed E-state index contributed by atoms with van der Waals surface area (Å²) in [7, 11) is 0. The zero-order valence-corrected chi connectivity index (χ0v) is 9.64. The van der Waals surface area contributed by atoms with E-state index in [0.29, 0.717) is 6.54 Å². The number of rotatable bonds is 3. The Labute approximate surface area is 95.1 Å². The highest BCUT2D eigenvalue weighted by Crippen LogP contribution is 2.16. The van der Waals surface area contributed by atoms with Gasteiger partial charge in [0, 0.05) is 11.9 Å². The molecule has 2 rings (SSSR count). The van der Waals surface area contributed by atoms with E-state index in [4.69, 9.17) is 5.73 Å². The summed E-state index contributed by atoms with van der Waals surface area (Å²) in [6, 6.07) is 5.81. The van der Waals surface area contributed by atoms with Gasteiger partial charge in [-0.05, 0) is 44.5 Å². The van der Waals surface area contributed by atoms with Gasteiger partial charge in [0.05, 0.1) is 5.69 Å². The summed E-state index contributed by atoms with van der Waals surface area (Å²) in [5.41, 5.74) is 8.99. The molecule has 0 amide bonds. The van der Waals surface area contributed by atoms with Crippen molar-refractivity contribution < 1.29 is 0 Å². The predicted octanol–water partition coefficient (Wildman–Crippen LogP) is 1.39. The van der Waals surface area contributed by atoms with E-state index in [9.17, 15) is 0 Å². The van der Waals surface area contributed by atoms with Crippen molar-refractivity contribution in [3.63, 3.8) is 0 Å². The van der Waals surface area contributed by atoms with Crippen molar-refractivity contribution in [1.82, 2.24) is 14.8 Å². The van der Waals surface area contributed by atoms with E-state index < -0.39 is 0 Å². The van der Waals surface area contributed by atoms with Crippen LogP contribution in [0.3, 0.4) is 0 Å². The standard InChI is InChI=1S/C12H16N4/c1-9-11(6-7-13)10(2)16(15-9)12-5-3-4-8-14-12/h3-5,8H,6-7,13H2,1-2H3. The largest absolute Gasteiger partial charge is 0.330 e. The van der Waals surface area contributed by atoms with Crippen LogP contribution in [0.25, 0.3) is 5.82 Å². The molecule has 4 heteroatoms. The maximum Gasteiger partial charge on any atom is 0.153 e. The molecule has 0 bridgehead atoms. The van der Waals surface area contributed by atoms with Gasteiger partial charge in [0.15, 0.2) is 5.82 Å². The van der Waals surface area contributed by atoms with E-state index >= 15 is 0 Å². The Kier molecular flexibility index (Phi) is 3.01. The van der Waals surface area contributed by atoms with E-state index in [1.807, 2.05) is 29.8 Å². The molecule has 2 aromatic heterocycles. The molecule has 84 valence electrons. The van der Waals surface area contributed by atoms with Crippen LogP contribution < -0.4 is 5.73 Å². The summed E-state index contributed by atoms with van der Waals surface area (Å²) in [6.45, 7) is 4.71. The van der Waals surface area contributed by atoms with Gasteiger partial charge in [-0.2, -0.15) is 5.10 Å². The Balaban J connectivity index is 2.47. The van der Waals surface area contributed by atoms with Crippen LogP contribution >= 0.6 is 0 Å². The number of nitrogens with two attached hydrogens (primary N) is 1. The van der Waals surface area contributed by atoms with Crippen molar-refractivity contribution in [2.75, 3.05) is 6.54 Å². The molecule has 0 saturated heterocycles. The van der Waals surface area contributed by atoms with Crippen molar-refractivity contribution >= 4 is 0 Å². The quantitative estimate of drug-likeness (QED) is 0.843. The topological polar surface area (TPSA) is 56.7 Å². The highest BCUT2D eigenvalue weighted by molar-refractivity contribution is 5.32. The minimum Gasteiger partial charge on any atom is -0.330 e. The third kappa shape index (κ3) is 1.84. The number of pyridine rings is 1. The van der Waals surface area contributed by atoms with Gasteiger partial charge >= 0.3 is 0 Å². The summed E-state index contributed by atoms with van der Waals surface area (Å²) in [5, 5.41) is 4.50. The summed E-state index contributed by atoms with van der Waals surface area (Å²) in [6.07, 6.45) is 2.64. The maximum absolute atomic E-state index is 5.59. The summed E-state index contributed by atoms with van der Waals surface area (Å²) in [4.78, 5) is 4.29. The fourth-order valence-corrected chi connectivity index (χ4v) is 1.88. The fourth-order valence-electron chi connectivity index (χ4n) is 1.88. The number of hydrogen-bond acceptors (Lipinski definition) is 3. The number of aryl methyl sites for hydroxylation is 1. The van der Waals surface area contributed by atoms with E-state index in [2.05, 4.69) is 17.0 Å².